The van der Waals surface area contributed by atoms with Crippen LogP contribution in [0.2, 0.25) is 0 Å². The quantitative estimate of drug-likeness (QED) is 0.610. The van der Waals surface area contributed by atoms with E-state index in [1.165, 1.54) is 6.20 Å². The first-order chi connectivity index (χ1) is 12.9. The van der Waals surface area contributed by atoms with Crippen LogP contribution < -0.4 is 5.48 Å². The summed E-state index contributed by atoms with van der Waals surface area (Å²) in [4.78, 5) is 6.73. The maximum absolute atomic E-state index is 12.7. The summed E-state index contributed by atoms with van der Waals surface area (Å²) in [5, 5.41) is 8.58. The van der Waals surface area contributed by atoms with Crippen molar-refractivity contribution in [3.05, 3.63) is 41.9 Å². The van der Waals surface area contributed by atoms with E-state index in [2.05, 4.69) is 23.7 Å². The Balaban J connectivity index is 2.30. The van der Waals surface area contributed by atoms with E-state index >= 15 is 0 Å². The Labute approximate surface area is 157 Å². The lowest BCUT2D eigenvalue weighted by Gasteiger charge is -2.19. The second kappa shape index (κ2) is 9.75. The van der Waals surface area contributed by atoms with E-state index in [-0.39, 0.29) is 6.42 Å². The number of benzene rings is 1. The topological polar surface area (TPSA) is 53.3 Å². The molecule has 8 heteroatoms. The van der Waals surface area contributed by atoms with Gasteiger partial charge in [0.1, 0.15) is 5.82 Å². The molecule has 2 N–H and O–H groups in total. The van der Waals surface area contributed by atoms with E-state index in [1.54, 1.807) is 6.08 Å². The van der Waals surface area contributed by atoms with Crippen molar-refractivity contribution in [3.8, 4) is 0 Å². The average molecular weight is 384 g/mol. The molecule has 2 aromatic rings. The minimum atomic E-state index is -4.20. The first-order valence-corrected chi connectivity index (χ1v) is 9.19. The molecule has 0 atom stereocenters. The molecule has 27 heavy (non-hydrogen) atoms. The minimum absolute atomic E-state index is 0.125. The molecule has 1 aromatic carbocycles. The number of nitrogens with one attached hydrogen (secondary N) is 1. The number of halogens is 3. The van der Waals surface area contributed by atoms with Gasteiger partial charge in [0.25, 0.3) is 0 Å². The molecule has 0 aliphatic rings. The smallest absolute Gasteiger partial charge is 0.327 e. The lowest BCUT2D eigenvalue weighted by molar-refractivity contribution is -0.134. The molecule has 0 aliphatic carbocycles. The van der Waals surface area contributed by atoms with Crippen molar-refractivity contribution < 1.29 is 18.4 Å². The molecule has 0 radical (unpaired) electrons. The highest BCUT2D eigenvalue weighted by atomic mass is 19.4. The first-order valence-electron chi connectivity index (χ1n) is 9.19. The van der Waals surface area contributed by atoms with Gasteiger partial charge >= 0.3 is 6.18 Å². The predicted octanol–water partition coefficient (Wildman–Crippen LogP) is 3.91. The van der Waals surface area contributed by atoms with Crippen molar-refractivity contribution >= 4 is 11.0 Å². The number of alkyl halides is 3. The number of hydrogen-bond acceptors (Lipinski definition) is 4. The number of nitrogens with zero attached hydrogens (tertiary/aromatic N) is 3. The summed E-state index contributed by atoms with van der Waals surface area (Å²) in [7, 11) is 0. The first kappa shape index (κ1) is 21.2. The third kappa shape index (κ3) is 6.25. The van der Waals surface area contributed by atoms with Crippen LogP contribution in [-0.4, -0.2) is 45.5 Å². The number of aryl methyl sites for hydroxylation is 1. The van der Waals surface area contributed by atoms with Gasteiger partial charge in [-0.3, -0.25) is 10.7 Å². The number of hydrogen-bond donors (Lipinski definition) is 2. The summed E-state index contributed by atoms with van der Waals surface area (Å²) in [6.07, 6.45) is -1.44. The molecular weight excluding hydrogens is 357 g/mol. The summed E-state index contributed by atoms with van der Waals surface area (Å²) in [5.41, 5.74) is 4.48. The van der Waals surface area contributed by atoms with E-state index in [0.717, 1.165) is 30.7 Å². The van der Waals surface area contributed by atoms with Crippen LogP contribution in [0.3, 0.4) is 0 Å². The second-order valence-corrected chi connectivity index (χ2v) is 6.38. The van der Waals surface area contributed by atoms with E-state index in [1.807, 2.05) is 28.2 Å². The van der Waals surface area contributed by atoms with Crippen LogP contribution in [0.5, 0.6) is 0 Å². The summed E-state index contributed by atoms with van der Waals surface area (Å²) in [6, 6.07) is 5.74. The number of rotatable bonds is 10. The van der Waals surface area contributed by atoms with Crippen LogP contribution in [0.15, 0.2) is 30.5 Å². The van der Waals surface area contributed by atoms with Crippen molar-refractivity contribution in [2.24, 2.45) is 0 Å². The van der Waals surface area contributed by atoms with E-state index < -0.39 is 12.6 Å². The van der Waals surface area contributed by atoms with Crippen molar-refractivity contribution in [2.45, 2.75) is 45.8 Å². The van der Waals surface area contributed by atoms with Crippen LogP contribution in [0.1, 0.15) is 31.7 Å². The zero-order chi connectivity index (χ0) is 19.9. The highest BCUT2D eigenvalue weighted by Gasteiger charge is 2.28. The van der Waals surface area contributed by atoms with Crippen LogP contribution in [0, 0.1) is 0 Å². The van der Waals surface area contributed by atoms with Gasteiger partial charge in [-0.2, -0.15) is 13.2 Å². The summed E-state index contributed by atoms with van der Waals surface area (Å²) < 4.78 is 40.0. The molecule has 2 rings (SSSR count). The number of likely N-dealkylation sites (N-methyl/N-ethyl adjacent to an activating group) is 1. The molecule has 1 aromatic heterocycles. The zero-order valence-electron chi connectivity index (χ0n) is 15.8. The lowest BCUT2D eigenvalue weighted by Crippen LogP contribution is -2.27. The third-order valence-corrected chi connectivity index (χ3v) is 4.60. The number of aromatic nitrogens is 2. The van der Waals surface area contributed by atoms with Crippen molar-refractivity contribution in [2.75, 3.05) is 19.6 Å². The Morgan fingerprint density at radius 1 is 1.26 bits per heavy atom. The lowest BCUT2D eigenvalue weighted by atomic mass is 10.1. The van der Waals surface area contributed by atoms with E-state index in [9.17, 15) is 13.2 Å². The van der Waals surface area contributed by atoms with Gasteiger partial charge in [0.2, 0.25) is 0 Å². The normalized spacial score (nSPS) is 12.6. The Kier molecular flexibility index (Phi) is 7.67. The highest BCUT2D eigenvalue weighted by molar-refractivity contribution is 5.77. The maximum Gasteiger partial charge on any atom is 0.389 e. The summed E-state index contributed by atoms with van der Waals surface area (Å²) >= 11 is 0. The van der Waals surface area contributed by atoms with Crippen LogP contribution in [0.25, 0.3) is 11.0 Å². The predicted molar refractivity (Wildman–Crippen MR) is 99.7 cm³/mol. The number of imidazole rings is 1. The zero-order valence-corrected chi connectivity index (χ0v) is 15.8. The van der Waals surface area contributed by atoms with Crippen LogP contribution in [0.4, 0.5) is 13.2 Å². The van der Waals surface area contributed by atoms with Crippen LogP contribution >= 0.6 is 0 Å². The van der Waals surface area contributed by atoms with Gasteiger partial charge in [-0.15, -0.1) is 0 Å². The molecule has 0 spiro atoms. The van der Waals surface area contributed by atoms with Gasteiger partial charge in [0, 0.05) is 25.7 Å². The van der Waals surface area contributed by atoms with Crippen molar-refractivity contribution in [1.82, 2.24) is 19.9 Å². The monoisotopic (exact) mass is 384 g/mol. The molecule has 0 fully saturated rings. The molecule has 150 valence electrons. The fraction of sp³-hybridized carbons (Fsp3) is 0.526. The van der Waals surface area contributed by atoms with Gasteiger partial charge in [-0.25, -0.2) is 4.98 Å². The molecule has 1 heterocycles. The van der Waals surface area contributed by atoms with Gasteiger partial charge in [-0.1, -0.05) is 26.0 Å². The maximum atomic E-state index is 12.7. The van der Waals surface area contributed by atoms with Gasteiger partial charge in [-0.05, 0) is 37.2 Å². The number of allylic oxidation sites excluding steroid dienone is 1. The summed E-state index contributed by atoms with van der Waals surface area (Å²) in [6.45, 7) is 7.32. The Bertz CT molecular complexity index is 751. The van der Waals surface area contributed by atoms with Gasteiger partial charge in [0.05, 0.1) is 17.5 Å². The number of hydroxylamine groups is 1. The minimum Gasteiger partial charge on any atom is -0.327 e. The Morgan fingerprint density at radius 3 is 2.63 bits per heavy atom. The Hall–Kier alpha value is -2.06. The fourth-order valence-corrected chi connectivity index (χ4v) is 3.08. The van der Waals surface area contributed by atoms with Gasteiger partial charge < -0.3 is 9.47 Å². The molecule has 0 amide bonds. The molecule has 0 saturated heterocycles. The van der Waals surface area contributed by atoms with E-state index in [0.29, 0.717) is 24.3 Å². The molecule has 0 unspecified atom stereocenters. The van der Waals surface area contributed by atoms with Crippen molar-refractivity contribution in [1.29, 1.82) is 0 Å². The molecule has 0 bridgehead atoms. The standard InChI is InChI=1S/C19H27F3N4O/c1-3-25(4-2)12-13-26-17-8-7-15(6-5-11-23-27)14-16(17)24-18(26)9-10-19(20,21)22/h5,7-8,11,14,23,27H,3-4,6,9-10,12-13H2,1-2H3/b11-5+. The molecule has 0 saturated carbocycles. The average Bonchev–Trinajstić information content (AvgIpc) is 2.97. The van der Waals surface area contributed by atoms with Gasteiger partial charge in [0.15, 0.2) is 0 Å². The van der Waals surface area contributed by atoms with Crippen molar-refractivity contribution in [3.63, 3.8) is 0 Å². The largest absolute Gasteiger partial charge is 0.389 e. The Morgan fingerprint density at radius 2 is 2.00 bits per heavy atom. The van der Waals surface area contributed by atoms with Crippen LogP contribution in [-0.2, 0) is 19.4 Å². The second-order valence-electron chi connectivity index (χ2n) is 6.38. The van der Waals surface area contributed by atoms with E-state index in [4.69, 9.17) is 5.21 Å². The molecule has 0 aliphatic heterocycles. The molecular formula is C19H27F3N4O. The number of fused-ring (bicyclic) bond motifs is 1. The molecule has 5 nitrogen and oxygen atoms in total. The fourth-order valence-electron chi connectivity index (χ4n) is 3.08. The highest BCUT2D eigenvalue weighted by Crippen LogP contribution is 2.25. The summed E-state index contributed by atoms with van der Waals surface area (Å²) in [5.74, 6) is 0.471. The SMILES string of the molecule is CCN(CC)CCn1c(CCC(F)(F)F)nc2cc(C/C=C/NO)ccc21. The third-order valence-electron chi connectivity index (χ3n) is 4.60.